The second-order valence-electron chi connectivity index (χ2n) is 7.66. The first-order valence-electron chi connectivity index (χ1n) is 10.5. The minimum Gasteiger partial charge on any atom is -0.491 e. The molecule has 2 unspecified atom stereocenters. The zero-order valence-corrected chi connectivity index (χ0v) is 18.0. The Morgan fingerprint density at radius 1 is 0.812 bits per heavy atom. The number of aliphatic hydroxyl groups excluding tert-OH is 2. The van der Waals surface area contributed by atoms with E-state index in [2.05, 4.69) is 0 Å². The summed E-state index contributed by atoms with van der Waals surface area (Å²) in [5.41, 5.74) is 0.559. The van der Waals surface area contributed by atoms with E-state index in [1.54, 1.807) is 12.1 Å². The van der Waals surface area contributed by atoms with Gasteiger partial charge in [-0.1, -0.05) is 60.2 Å². The van der Waals surface area contributed by atoms with Crippen LogP contribution in [0.25, 0.3) is 10.8 Å². The second-order valence-corrected chi connectivity index (χ2v) is 7.66. The van der Waals surface area contributed by atoms with E-state index >= 15 is 0 Å². The molecular weight excluding hydrogens is 408 g/mol. The van der Waals surface area contributed by atoms with E-state index in [9.17, 15) is 20.1 Å². The van der Waals surface area contributed by atoms with Crippen molar-refractivity contribution in [3.05, 3.63) is 83.9 Å². The number of para-hydroxylation sites is 1. The summed E-state index contributed by atoms with van der Waals surface area (Å²) in [6, 6.07) is 22.6. The van der Waals surface area contributed by atoms with Gasteiger partial charge in [0.15, 0.2) is 0 Å². The van der Waals surface area contributed by atoms with Crippen LogP contribution in [0, 0.1) is 0 Å². The van der Waals surface area contributed by atoms with E-state index in [1.807, 2.05) is 60.7 Å². The van der Waals surface area contributed by atoms with E-state index in [4.69, 9.17) is 9.47 Å². The van der Waals surface area contributed by atoms with Gasteiger partial charge in [-0.15, -0.1) is 0 Å². The van der Waals surface area contributed by atoms with Gasteiger partial charge in [0.2, 0.25) is 0 Å². The molecule has 3 rings (SSSR count). The maximum atomic E-state index is 11.5. The van der Waals surface area contributed by atoms with Gasteiger partial charge in [0.05, 0.1) is 12.2 Å². The number of benzene rings is 3. The number of carboxylic acids is 1. The van der Waals surface area contributed by atoms with Crippen LogP contribution in [0.3, 0.4) is 0 Å². The van der Waals surface area contributed by atoms with Crippen molar-refractivity contribution >= 4 is 16.7 Å². The first-order chi connectivity index (χ1) is 15.4. The Morgan fingerprint density at radius 2 is 1.41 bits per heavy atom. The maximum absolute atomic E-state index is 11.5. The van der Waals surface area contributed by atoms with Crippen LogP contribution in [-0.4, -0.2) is 46.7 Å². The third-order valence-electron chi connectivity index (χ3n) is 5.18. The highest BCUT2D eigenvalue weighted by molar-refractivity contribution is 5.88. The summed E-state index contributed by atoms with van der Waals surface area (Å²) < 4.78 is 11.4. The van der Waals surface area contributed by atoms with Crippen molar-refractivity contribution in [3.8, 4) is 11.5 Å². The largest absolute Gasteiger partial charge is 0.491 e. The highest BCUT2D eigenvalue weighted by atomic mass is 16.5. The number of rotatable bonds is 11. The van der Waals surface area contributed by atoms with Gasteiger partial charge in [-0.25, -0.2) is 4.79 Å². The summed E-state index contributed by atoms with van der Waals surface area (Å²) in [6.07, 6.45) is -1.69. The van der Waals surface area contributed by atoms with Crippen LogP contribution in [0.1, 0.15) is 19.8 Å². The zero-order valence-electron chi connectivity index (χ0n) is 18.0. The molecule has 168 valence electrons. The smallest absolute Gasteiger partial charge is 0.331 e. The molecule has 2 atom stereocenters. The fraction of sp³-hybridized carbons (Fsp3) is 0.269. The number of ether oxygens (including phenoxy) is 2. The van der Waals surface area contributed by atoms with Crippen molar-refractivity contribution in [2.24, 2.45) is 0 Å². The molecule has 0 saturated heterocycles. The van der Waals surface area contributed by atoms with E-state index in [0.717, 1.165) is 10.8 Å². The summed E-state index contributed by atoms with van der Waals surface area (Å²) in [6.45, 7) is 1.49. The molecule has 0 amide bonds. The molecule has 0 bridgehead atoms. The van der Waals surface area contributed by atoms with E-state index in [1.165, 1.54) is 6.92 Å². The van der Waals surface area contributed by atoms with Crippen LogP contribution in [-0.2, 0) is 4.79 Å². The van der Waals surface area contributed by atoms with Crippen LogP contribution < -0.4 is 9.47 Å². The molecule has 32 heavy (non-hydrogen) atoms. The van der Waals surface area contributed by atoms with Crippen molar-refractivity contribution in [2.75, 3.05) is 13.2 Å². The Balaban J connectivity index is 1.60. The molecule has 6 heteroatoms. The minimum absolute atomic E-state index is 0.00101. The number of fused-ring (bicyclic) bond motifs is 1. The van der Waals surface area contributed by atoms with Gasteiger partial charge in [-0.3, -0.25) is 0 Å². The molecule has 0 radical (unpaired) electrons. The fourth-order valence-corrected chi connectivity index (χ4v) is 3.44. The topological polar surface area (TPSA) is 96.2 Å². The highest BCUT2D eigenvalue weighted by Crippen LogP contribution is 2.26. The summed E-state index contributed by atoms with van der Waals surface area (Å²) >= 11 is 0. The van der Waals surface area contributed by atoms with Crippen molar-refractivity contribution in [1.29, 1.82) is 0 Å². The number of hydrogen-bond acceptors (Lipinski definition) is 5. The summed E-state index contributed by atoms with van der Waals surface area (Å²) in [4.78, 5) is 11.5. The molecule has 0 aliphatic rings. The molecule has 0 fully saturated rings. The van der Waals surface area contributed by atoms with Crippen molar-refractivity contribution in [3.63, 3.8) is 0 Å². The second kappa shape index (κ2) is 11.3. The van der Waals surface area contributed by atoms with E-state index in [-0.39, 0.29) is 31.6 Å². The van der Waals surface area contributed by atoms with Crippen molar-refractivity contribution in [2.45, 2.75) is 32.0 Å². The van der Waals surface area contributed by atoms with Crippen molar-refractivity contribution < 1.29 is 29.6 Å². The van der Waals surface area contributed by atoms with Crippen LogP contribution >= 0.6 is 0 Å². The molecule has 0 aliphatic heterocycles. The first-order valence-corrected chi connectivity index (χ1v) is 10.5. The minimum atomic E-state index is -1.08. The molecule has 3 N–H and O–H groups in total. The predicted molar refractivity (Wildman–Crippen MR) is 123 cm³/mol. The molecule has 0 saturated carbocycles. The lowest BCUT2D eigenvalue weighted by atomic mass is 9.97. The number of hydrogen-bond donors (Lipinski definition) is 3. The Bertz CT molecular complexity index is 1050. The quantitative estimate of drug-likeness (QED) is 0.390. The third-order valence-corrected chi connectivity index (χ3v) is 5.18. The predicted octanol–water partition coefficient (Wildman–Crippen LogP) is 4.20. The molecular formula is C26H28O6. The summed E-state index contributed by atoms with van der Waals surface area (Å²) in [5.74, 6) is 0.188. The molecule has 0 spiro atoms. The SMILES string of the molecule is CC(C(=O)O)=C(CC(O)COc1ccccc1)CC(O)COc1cccc2ccccc12. The molecule has 0 aliphatic carbocycles. The monoisotopic (exact) mass is 436 g/mol. The first kappa shape index (κ1) is 23.3. The average molecular weight is 437 g/mol. The average Bonchev–Trinajstić information content (AvgIpc) is 2.81. The third kappa shape index (κ3) is 6.57. The standard InChI is InChI=1S/C26H28O6/c1-18(26(29)30)20(14-21(27)16-31-23-10-3-2-4-11-23)15-22(28)17-32-25-13-7-9-19-8-5-6-12-24(19)25/h2-13,21-22,27-28H,14-17H2,1H3,(H,29,30). The van der Waals surface area contributed by atoms with E-state index < -0.39 is 18.2 Å². The molecule has 3 aromatic rings. The highest BCUT2D eigenvalue weighted by Gasteiger charge is 2.19. The fourth-order valence-electron chi connectivity index (χ4n) is 3.44. The van der Waals surface area contributed by atoms with Crippen molar-refractivity contribution in [1.82, 2.24) is 0 Å². The Kier molecular flexibility index (Phi) is 8.25. The van der Waals surface area contributed by atoms with Gasteiger partial charge < -0.3 is 24.8 Å². The van der Waals surface area contributed by atoms with Crippen LogP contribution in [0.4, 0.5) is 0 Å². The normalized spacial score (nSPS) is 13.8. The van der Waals surface area contributed by atoms with E-state index in [0.29, 0.717) is 17.1 Å². The van der Waals surface area contributed by atoms with Crippen LogP contribution in [0.2, 0.25) is 0 Å². The summed E-state index contributed by atoms with van der Waals surface area (Å²) in [5, 5.41) is 32.3. The van der Waals surface area contributed by atoms with Gasteiger partial charge >= 0.3 is 5.97 Å². The summed E-state index contributed by atoms with van der Waals surface area (Å²) in [7, 11) is 0. The van der Waals surface area contributed by atoms with Crippen LogP contribution in [0.5, 0.6) is 11.5 Å². The number of aliphatic hydroxyl groups is 2. The molecule has 6 nitrogen and oxygen atoms in total. The maximum Gasteiger partial charge on any atom is 0.331 e. The van der Waals surface area contributed by atoms with Gasteiger partial charge in [0, 0.05) is 11.0 Å². The Hall–Kier alpha value is -3.35. The number of carbonyl (C=O) groups is 1. The zero-order chi connectivity index (χ0) is 22.9. The van der Waals surface area contributed by atoms with Gasteiger partial charge in [-0.05, 0) is 43.4 Å². The molecule has 3 aromatic carbocycles. The number of carboxylic acid groups (broad SMARTS) is 1. The van der Waals surface area contributed by atoms with Crippen LogP contribution in [0.15, 0.2) is 83.9 Å². The Morgan fingerprint density at radius 3 is 2.09 bits per heavy atom. The molecule has 0 aromatic heterocycles. The lowest BCUT2D eigenvalue weighted by Gasteiger charge is -2.19. The van der Waals surface area contributed by atoms with Gasteiger partial charge in [-0.2, -0.15) is 0 Å². The van der Waals surface area contributed by atoms with Gasteiger partial charge in [0.25, 0.3) is 0 Å². The lowest BCUT2D eigenvalue weighted by Crippen LogP contribution is -2.23. The van der Waals surface area contributed by atoms with Gasteiger partial charge in [0.1, 0.15) is 24.7 Å². The molecule has 0 heterocycles. The number of aliphatic carboxylic acids is 1. The lowest BCUT2D eigenvalue weighted by molar-refractivity contribution is -0.132. The Labute approximate surface area is 187 Å².